The Hall–Kier alpha value is -2.05. The number of rotatable bonds is 4. The third-order valence-electron chi connectivity index (χ3n) is 2.80. The van der Waals surface area contributed by atoms with Gasteiger partial charge in [-0.15, -0.1) is 0 Å². The van der Waals surface area contributed by atoms with E-state index in [4.69, 9.17) is 16.3 Å². The molecule has 0 saturated heterocycles. The molecule has 0 aliphatic rings. The van der Waals surface area contributed by atoms with Crippen LogP contribution in [0.4, 0.5) is 5.69 Å². The quantitative estimate of drug-likeness (QED) is 0.738. The van der Waals surface area contributed by atoms with E-state index in [0.29, 0.717) is 15.9 Å². The van der Waals surface area contributed by atoms with Gasteiger partial charge in [-0.05, 0) is 12.1 Å². The fourth-order valence-electron chi connectivity index (χ4n) is 1.84. The van der Waals surface area contributed by atoms with E-state index in [-0.39, 0.29) is 0 Å². The number of hydrogen-bond acceptors (Lipinski definition) is 6. The summed E-state index contributed by atoms with van der Waals surface area (Å²) in [5.74, 6) is 0.458. The lowest BCUT2D eigenvalue weighted by molar-refractivity contribution is 0.382. The highest BCUT2D eigenvalue weighted by atomic mass is 35.5. The Morgan fingerprint density at radius 3 is 2.81 bits per heavy atom. The molecule has 21 heavy (non-hydrogen) atoms. The summed E-state index contributed by atoms with van der Waals surface area (Å²) in [6.45, 7) is 0. The number of fused-ring (bicyclic) bond motifs is 1. The fourth-order valence-corrected chi connectivity index (χ4v) is 2.84. The van der Waals surface area contributed by atoms with Gasteiger partial charge in [0, 0.05) is 35.9 Å². The predicted molar refractivity (Wildman–Crippen MR) is 84.8 cm³/mol. The normalized spacial score (nSPS) is 10.6. The van der Waals surface area contributed by atoms with E-state index in [1.165, 1.54) is 11.9 Å². The number of anilines is 1. The Bertz CT molecular complexity index is 784. The molecule has 5 nitrogen and oxygen atoms in total. The first kappa shape index (κ1) is 13.9. The largest absolute Gasteiger partial charge is 0.479 e. The Balaban J connectivity index is 1.93. The molecule has 2 aromatic heterocycles. The summed E-state index contributed by atoms with van der Waals surface area (Å²) in [5, 5.41) is 2.23. The van der Waals surface area contributed by atoms with Crippen molar-refractivity contribution in [2.24, 2.45) is 0 Å². The number of halogens is 1. The Kier molecular flexibility index (Phi) is 4.08. The van der Waals surface area contributed by atoms with Crippen molar-refractivity contribution in [3.05, 3.63) is 47.9 Å². The zero-order chi connectivity index (χ0) is 14.7. The molecule has 0 saturated carbocycles. The zero-order valence-electron chi connectivity index (χ0n) is 11.1. The predicted octanol–water partition coefficient (Wildman–Crippen LogP) is 3.81. The van der Waals surface area contributed by atoms with Crippen LogP contribution in [-0.4, -0.2) is 22.1 Å². The molecule has 0 aliphatic carbocycles. The highest BCUT2D eigenvalue weighted by Crippen LogP contribution is 2.34. The maximum Gasteiger partial charge on any atom is 0.248 e. The SMILES string of the molecule is COc1nccnc1SNc1c(Cl)ccc2cccnc12. The van der Waals surface area contributed by atoms with Crippen LogP contribution < -0.4 is 9.46 Å². The van der Waals surface area contributed by atoms with E-state index in [1.807, 2.05) is 24.3 Å². The minimum absolute atomic E-state index is 0.458. The number of ether oxygens (including phenoxy) is 1. The second kappa shape index (κ2) is 6.15. The number of methoxy groups -OCH3 is 1. The molecular formula is C14H11ClN4OS. The van der Waals surface area contributed by atoms with Crippen LogP contribution in [0.2, 0.25) is 5.02 Å². The van der Waals surface area contributed by atoms with Gasteiger partial charge in [-0.3, -0.25) is 4.98 Å². The lowest BCUT2D eigenvalue weighted by Crippen LogP contribution is -1.96. The van der Waals surface area contributed by atoms with Gasteiger partial charge in [0.1, 0.15) is 0 Å². The molecule has 2 heterocycles. The number of nitrogens with zero attached hydrogens (tertiary/aromatic N) is 3. The number of aromatic nitrogens is 3. The Morgan fingerprint density at radius 1 is 1.10 bits per heavy atom. The maximum atomic E-state index is 6.26. The summed E-state index contributed by atoms with van der Waals surface area (Å²) < 4.78 is 8.36. The summed E-state index contributed by atoms with van der Waals surface area (Å²) in [5.41, 5.74) is 1.55. The van der Waals surface area contributed by atoms with Gasteiger partial charge in [-0.25, -0.2) is 9.97 Å². The Morgan fingerprint density at radius 2 is 1.95 bits per heavy atom. The van der Waals surface area contributed by atoms with Crippen LogP contribution in [0, 0.1) is 0 Å². The van der Waals surface area contributed by atoms with Crippen LogP contribution >= 0.6 is 23.5 Å². The van der Waals surface area contributed by atoms with Crippen LogP contribution in [0.3, 0.4) is 0 Å². The third-order valence-corrected chi connectivity index (χ3v) is 3.89. The van der Waals surface area contributed by atoms with Gasteiger partial charge < -0.3 is 9.46 Å². The fraction of sp³-hybridized carbons (Fsp3) is 0.0714. The number of benzene rings is 1. The zero-order valence-corrected chi connectivity index (χ0v) is 12.6. The third kappa shape index (κ3) is 2.86. The molecule has 0 amide bonds. The molecule has 3 aromatic rings. The molecule has 0 unspecified atom stereocenters. The molecule has 0 atom stereocenters. The molecule has 0 spiro atoms. The Labute approximate surface area is 130 Å². The van der Waals surface area contributed by atoms with Gasteiger partial charge in [0.2, 0.25) is 5.88 Å². The highest BCUT2D eigenvalue weighted by molar-refractivity contribution is 8.00. The number of pyridine rings is 1. The smallest absolute Gasteiger partial charge is 0.248 e. The molecule has 1 N–H and O–H groups in total. The number of nitrogens with one attached hydrogen (secondary N) is 1. The summed E-state index contributed by atoms with van der Waals surface area (Å²) in [7, 11) is 1.56. The van der Waals surface area contributed by atoms with Crippen molar-refractivity contribution in [3.63, 3.8) is 0 Å². The minimum Gasteiger partial charge on any atom is -0.479 e. The summed E-state index contributed by atoms with van der Waals surface area (Å²) in [6, 6.07) is 7.64. The molecular weight excluding hydrogens is 308 g/mol. The maximum absolute atomic E-state index is 6.26. The second-order valence-electron chi connectivity index (χ2n) is 4.07. The summed E-state index contributed by atoms with van der Waals surface area (Å²) >= 11 is 7.54. The summed E-state index contributed by atoms with van der Waals surface area (Å²) in [4.78, 5) is 12.7. The molecule has 0 fully saturated rings. The van der Waals surface area contributed by atoms with Crippen LogP contribution in [0.25, 0.3) is 10.9 Å². The van der Waals surface area contributed by atoms with E-state index in [0.717, 1.165) is 16.6 Å². The van der Waals surface area contributed by atoms with Crippen LogP contribution in [0.15, 0.2) is 47.9 Å². The molecule has 0 bridgehead atoms. The van der Waals surface area contributed by atoms with E-state index in [2.05, 4.69) is 19.7 Å². The van der Waals surface area contributed by atoms with Crippen molar-refractivity contribution in [1.29, 1.82) is 0 Å². The van der Waals surface area contributed by atoms with Gasteiger partial charge in [0.25, 0.3) is 0 Å². The van der Waals surface area contributed by atoms with Crippen molar-refractivity contribution in [1.82, 2.24) is 15.0 Å². The monoisotopic (exact) mass is 318 g/mol. The van der Waals surface area contributed by atoms with Gasteiger partial charge in [-0.2, -0.15) is 0 Å². The van der Waals surface area contributed by atoms with Crippen molar-refractivity contribution in [2.75, 3.05) is 11.8 Å². The van der Waals surface area contributed by atoms with Crippen LogP contribution in [0.5, 0.6) is 5.88 Å². The first-order valence-electron chi connectivity index (χ1n) is 6.10. The second-order valence-corrected chi connectivity index (χ2v) is 5.27. The molecule has 0 radical (unpaired) electrons. The number of hydrogen-bond donors (Lipinski definition) is 1. The van der Waals surface area contributed by atoms with Gasteiger partial charge >= 0.3 is 0 Å². The van der Waals surface area contributed by atoms with Crippen molar-refractivity contribution in [3.8, 4) is 5.88 Å². The van der Waals surface area contributed by atoms with E-state index < -0.39 is 0 Å². The van der Waals surface area contributed by atoms with Crippen molar-refractivity contribution < 1.29 is 4.74 Å². The van der Waals surface area contributed by atoms with Gasteiger partial charge in [0.05, 0.1) is 23.3 Å². The first-order chi connectivity index (χ1) is 10.3. The minimum atomic E-state index is 0.458. The highest BCUT2D eigenvalue weighted by Gasteiger charge is 2.11. The van der Waals surface area contributed by atoms with Gasteiger partial charge in [0.15, 0.2) is 5.03 Å². The molecule has 0 aliphatic heterocycles. The average molecular weight is 319 g/mol. The molecule has 106 valence electrons. The molecule has 7 heteroatoms. The lowest BCUT2D eigenvalue weighted by atomic mass is 10.2. The van der Waals surface area contributed by atoms with Crippen molar-refractivity contribution >= 4 is 40.1 Å². The standard InChI is InChI=1S/C14H11ClN4OS/c1-20-13-14(18-8-7-17-13)21-19-12-10(15)5-4-9-3-2-6-16-11(9)12/h2-8,19H,1H3. The van der Waals surface area contributed by atoms with E-state index >= 15 is 0 Å². The van der Waals surface area contributed by atoms with Crippen molar-refractivity contribution in [2.45, 2.75) is 5.03 Å². The topological polar surface area (TPSA) is 59.9 Å². The van der Waals surface area contributed by atoms with Crippen LogP contribution in [-0.2, 0) is 0 Å². The van der Waals surface area contributed by atoms with Gasteiger partial charge in [-0.1, -0.05) is 23.7 Å². The molecule has 1 aromatic carbocycles. The molecule has 3 rings (SSSR count). The van der Waals surface area contributed by atoms with Crippen LogP contribution in [0.1, 0.15) is 0 Å². The van der Waals surface area contributed by atoms with E-state index in [1.54, 1.807) is 25.7 Å². The average Bonchev–Trinajstić information content (AvgIpc) is 2.54. The lowest BCUT2D eigenvalue weighted by Gasteiger charge is -2.10. The van der Waals surface area contributed by atoms with E-state index in [9.17, 15) is 0 Å². The first-order valence-corrected chi connectivity index (χ1v) is 7.30. The summed E-state index contributed by atoms with van der Waals surface area (Å²) in [6.07, 6.45) is 4.92.